The number of pyridine rings is 1. The molecule has 2 aromatic carbocycles. The van der Waals surface area contributed by atoms with Crippen molar-refractivity contribution in [1.29, 1.82) is 5.26 Å². The Labute approximate surface area is 224 Å². The van der Waals surface area contributed by atoms with Crippen LogP contribution in [0.25, 0.3) is 27.5 Å². The van der Waals surface area contributed by atoms with Crippen LogP contribution in [0.5, 0.6) is 0 Å². The summed E-state index contributed by atoms with van der Waals surface area (Å²) in [5, 5.41) is 10.7. The quantitative estimate of drug-likeness (QED) is 0.305. The van der Waals surface area contributed by atoms with Crippen molar-refractivity contribution in [1.82, 2.24) is 19.3 Å². The molecule has 5 aromatic rings. The Bertz CT molecular complexity index is 1720. The maximum Gasteiger partial charge on any atom is 0.267 e. The molecule has 1 fully saturated rings. The van der Waals surface area contributed by atoms with Gasteiger partial charge in [0.05, 0.1) is 21.4 Å². The molecule has 0 amide bonds. The van der Waals surface area contributed by atoms with Gasteiger partial charge < -0.3 is 4.90 Å². The zero-order chi connectivity index (χ0) is 26.1. The number of thiazole rings is 1. The number of fused-ring (bicyclic) bond motifs is 2. The van der Waals surface area contributed by atoms with E-state index in [1.54, 1.807) is 16.7 Å². The van der Waals surface area contributed by atoms with Crippen molar-refractivity contribution in [2.75, 3.05) is 31.1 Å². The van der Waals surface area contributed by atoms with Gasteiger partial charge in [-0.1, -0.05) is 48.5 Å². The number of anilines is 1. The summed E-state index contributed by atoms with van der Waals surface area (Å²) >= 11 is 1.45. The summed E-state index contributed by atoms with van der Waals surface area (Å²) in [7, 11) is 0. The summed E-state index contributed by atoms with van der Waals surface area (Å²) in [5.41, 5.74) is 4.28. The fraction of sp³-hybridized carbons (Fsp3) is 0.200. The molecular formula is C30H26N6OS. The minimum atomic E-state index is -0.186. The van der Waals surface area contributed by atoms with Crippen LogP contribution in [0, 0.1) is 18.3 Å². The summed E-state index contributed by atoms with van der Waals surface area (Å²) < 4.78 is 2.58. The Hall–Kier alpha value is -4.32. The number of aryl methyl sites for hydroxylation is 1. The first-order chi connectivity index (χ1) is 18.6. The number of nitriles is 1. The van der Waals surface area contributed by atoms with Crippen molar-refractivity contribution in [3.63, 3.8) is 0 Å². The second kappa shape index (κ2) is 10.2. The SMILES string of the molecule is Cc1cccn2c(=O)c(C=C(C#N)c3nc4ccccc4s3)c(N3CCN(Cc4ccccc4)CC3)nc12. The molecule has 0 aliphatic carbocycles. The van der Waals surface area contributed by atoms with E-state index in [-0.39, 0.29) is 5.56 Å². The van der Waals surface area contributed by atoms with Gasteiger partial charge in [-0.2, -0.15) is 5.26 Å². The molecule has 188 valence electrons. The van der Waals surface area contributed by atoms with E-state index in [4.69, 9.17) is 4.98 Å². The highest BCUT2D eigenvalue weighted by atomic mass is 32.1. The van der Waals surface area contributed by atoms with E-state index in [0.29, 0.717) is 27.6 Å². The highest BCUT2D eigenvalue weighted by molar-refractivity contribution is 7.19. The number of benzene rings is 2. The van der Waals surface area contributed by atoms with Crippen molar-refractivity contribution in [3.05, 3.63) is 105 Å². The van der Waals surface area contributed by atoms with Gasteiger partial charge in [0.25, 0.3) is 5.56 Å². The number of nitrogens with zero attached hydrogens (tertiary/aromatic N) is 6. The normalized spacial score (nSPS) is 14.7. The highest BCUT2D eigenvalue weighted by Crippen LogP contribution is 2.29. The predicted molar refractivity (Wildman–Crippen MR) is 153 cm³/mol. The summed E-state index contributed by atoms with van der Waals surface area (Å²) in [5.74, 6) is 0.623. The van der Waals surface area contributed by atoms with Gasteiger partial charge in [-0.15, -0.1) is 11.3 Å². The Morgan fingerprint density at radius 3 is 2.53 bits per heavy atom. The molecule has 0 radical (unpaired) electrons. The molecule has 1 saturated heterocycles. The van der Waals surface area contributed by atoms with Crippen LogP contribution in [0.15, 0.2) is 77.7 Å². The standard InChI is InChI=1S/C30H26N6OS/c1-21-8-7-13-36-27(21)33-28(35-16-14-34(15-17-35)20-22-9-3-2-4-10-22)24(30(36)37)18-23(19-31)29-32-25-11-5-6-12-26(25)38-29/h2-13,18H,14-17,20H2,1H3. The molecule has 4 heterocycles. The number of para-hydroxylation sites is 1. The predicted octanol–water partition coefficient (Wildman–Crippen LogP) is 5.00. The van der Waals surface area contributed by atoms with Crippen LogP contribution in [-0.4, -0.2) is 45.4 Å². The molecule has 8 heteroatoms. The minimum absolute atomic E-state index is 0.186. The minimum Gasteiger partial charge on any atom is -0.353 e. The van der Waals surface area contributed by atoms with Gasteiger partial charge in [-0.25, -0.2) is 9.97 Å². The van der Waals surface area contributed by atoms with Crippen LogP contribution >= 0.6 is 11.3 Å². The van der Waals surface area contributed by atoms with E-state index in [1.807, 2.05) is 49.4 Å². The van der Waals surface area contributed by atoms with Crippen molar-refractivity contribution >= 4 is 44.7 Å². The summed E-state index contributed by atoms with van der Waals surface area (Å²) in [6, 6.07) is 24.4. The van der Waals surface area contributed by atoms with Gasteiger partial charge in [0.1, 0.15) is 22.5 Å². The summed E-state index contributed by atoms with van der Waals surface area (Å²) in [6.07, 6.45) is 3.41. The summed E-state index contributed by atoms with van der Waals surface area (Å²) in [4.78, 5) is 28.1. The topological polar surface area (TPSA) is 77.5 Å². The van der Waals surface area contributed by atoms with Gasteiger partial charge >= 0.3 is 0 Å². The van der Waals surface area contributed by atoms with Crippen LogP contribution in [0.2, 0.25) is 0 Å². The first-order valence-corrected chi connectivity index (χ1v) is 13.4. The number of aromatic nitrogens is 3. The van der Waals surface area contributed by atoms with Crippen molar-refractivity contribution < 1.29 is 0 Å². The van der Waals surface area contributed by atoms with Gasteiger partial charge in [-0.05, 0) is 42.3 Å². The first-order valence-electron chi connectivity index (χ1n) is 12.6. The van der Waals surface area contributed by atoms with Crippen LogP contribution < -0.4 is 10.5 Å². The van der Waals surface area contributed by atoms with Crippen LogP contribution in [0.3, 0.4) is 0 Å². The third-order valence-electron chi connectivity index (χ3n) is 6.92. The first kappa shape index (κ1) is 24.0. The third kappa shape index (κ3) is 4.58. The largest absolute Gasteiger partial charge is 0.353 e. The van der Waals surface area contributed by atoms with Gasteiger partial charge in [0, 0.05) is 38.9 Å². The van der Waals surface area contributed by atoms with Gasteiger partial charge in [0.15, 0.2) is 0 Å². The van der Waals surface area contributed by atoms with Crippen molar-refractivity contribution in [3.8, 4) is 6.07 Å². The molecule has 38 heavy (non-hydrogen) atoms. The van der Waals surface area contributed by atoms with Crippen LogP contribution in [0.1, 0.15) is 21.7 Å². The van der Waals surface area contributed by atoms with Gasteiger partial charge in [-0.3, -0.25) is 14.1 Å². The fourth-order valence-corrected chi connectivity index (χ4v) is 5.83. The molecule has 1 aliphatic rings. The van der Waals surface area contributed by atoms with Crippen molar-refractivity contribution in [2.24, 2.45) is 0 Å². The van der Waals surface area contributed by atoms with Crippen LogP contribution in [0.4, 0.5) is 5.82 Å². The Balaban J connectivity index is 1.40. The third-order valence-corrected chi connectivity index (χ3v) is 7.99. The lowest BCUT2D eigenvalue weighted by Gasteiger charge is -2.36. The maximum absolute atomic E-state index is 13.8. The molecule has 0 unspecified atom stereocenters. The Kier molecular flexibility index (Phi) is 6.46. The van der Waals surface area contributed by atoms with E-state index >= 15 is 0 Å². The summed E-state index contributed by atoms with van der Waals surface area (Å²) in [6.45, 7) is 6.05. The second-order valence-corrected chi connectivity index (χ2v) is 10.5. The molecule has 1 aliphatic heterocycles. The Morgan fingerprint density at radius 2 is 1.76 bits per heavy atom. The zero-order valence-electron chi connectivity index (χ0n) is 21.0. The van der Waals surface area contributed by atoms with Gasteiger partial charge in [0.2, 0.25) is 0 Å². The van der Waals surface area contributed by atoms with E-state index in [1.165, 1.54) is 16.9 Å². The average molecular weight is 519 g/mol. The lowest BCUT2D eigenvalue weighted by Crippen LogP contribution is -2.47. The molecule has 3 aromatic heterocycles. The molecule has 0 saturated carbocycles. The molecule has 0 bridgehead atoms. The van der Waals surface area contributed by atoms with E-state index < -0.39 is 0 Å². The number of piperazine rings is 1. The van der Waals surface area contributed by atoms with Crippen molar-refractivity contribution in [2.45, 2.75) is 13.5 Å². The molecule has 7 nitrogen and oxygen atoms in total. The number of allylic oxidation sites excluding steroid dienone is 1. The molecule has 6 rings (SSSR count). The monoisotopic (exact) mass is 518 g/mol. The van der Waals surface area contributed by atoms with E-state index in [2.05, 4.69) is 45.1 Å². The number of hydrogen-bond acceptors (Lipinski definition) is 7. The lowest BCUT2D eigenvalue weighted by molar-refractivity contribution is 0.249. The molecule has 0 spiro atoms. The van der Waals surface area contributed by atoms with Crippen LogP contribution in [-0.2, 0) is 6.54 Å². The second-order valence-electron chi connectivity index (χ2n) is 9.44. The van der Waals surface area contributed by atoms with E-state index in [9.17, 15) is 10.1 Å². The highest BCUT2D eigenvalue weighted by Gasteiger charge is 2.24. The molecule has 0 atom stereocenters. The maximum atomic E-state index is 13.8. The molecular weight excluding hydrogens is 492 g/mol. The number of rotatable bonds is 5. The smallest absolute Gasteiger partial charge is 0.267 e. The number of hydrogen-bond donors (Lipinski definition) is 0. The van der Waals surface area contributed by atoms with E-state index in [0.717, 1.165) is 48.5 Å². The fourth-order valence-electron chi connectivity index (χ4n) is 4.90. The lowest BCUT2D eigenvalue weighted by atomic mass is 10.1. The molecule has 0 N–H and O–H groups in total. The zero-order valence-corrected chi connectivity index (χ0v) is 21.9. The Morgan fingerprint density at radius 1 is 1.00 bits per heavy atom. The average Bonchev–Trinajstić information content (AvgIpc) is 3.38.